The SMILES string of the molecule is COc1cccc2c1[C@@H]1CN(CCCCC3C(=O)c4cc5cncnc5cc4N[N+]3=O)C[C@H]1CO2. The number of carbonyl (C=O) groups excluding carboxylic acids is 1. The molecule has 3 aliphatic heterocycles. The molecule has 1 fully saturated rings. The van der Waals surface area contributed by atoms with Gasteiger partial charge in [0.15, 0.2) is 0 Å². The Hall–Kier alpha value is -3.59. The average molecular weight is 475 g/mol. The number of anilines is 1. The second-order valence-electron chi connectivity index (χ2n) is 9.60. The molecule has 0 spiro atoms. The first-order valence-corrected chi connectivity index (χ1v) is 12.2. The Morgan fingerprint density at radius 3 is 3.06 bits per heavy atom. The van der Waals surface area contributed by atoms with E-state index in [1.165, 1.54) is 11.9 Å². The van der Waals surface area contributed by atoms with Crippen molar-refractivity contribution < 1.29 is 19.1 Å². The van der Waals surface area contributed by atoms with Crippen LogP contribution >= 0.6 is 0 Å². The number of Topliss-reactive ketones (excluding diaryl/α,β-unsaturated/α-hetero) is 1. The summed E-state index contributed by atoms with van der Waals surface area (Å²) in [6, 6.07) is 8.78. The number of carbonyl (C=O) groups is 1. The zero-order valence-corrected chi connectivity index (χ0v) is 19.6. The number of unbranched alkanes of at least 4 members (excludes halogenated alkanes) is 1. The maximum absolute atomic E-state index is 13.1. The number of hydrazine groups is 1. The largest absolute Gasteiger partial charge is 0.496 e. The zero-order valence-electron chi connectivity index (χ0n) is 19.6. The molecule has 1 saturated heterocycles. The highest BCUT2D eigenvalue weighted by atomic mass is 16.5. The van der Waals surface area contributed by atoms with Gasteiger partial charge in [0.25, 0.3) is 6.04 Å². The third-order valence-electron chi connectivity index (χ3n) is 7.51. The fourth-order valence-corrected chi connectivity index (χ4v) is 5.76. The maximum Gasteiger partial charge on any atom is 0.296 e. The van der Waals surface area contributed by atoms with Crippen LogP contribution in [0.15, 0.2) is 42.9 Å². The molecule has 0 saturated carbocycles. The Balaban J connectivity index is 1.07. The van der Waals surface area contributed by atoms with Gasteiger partial charge in [0.1, 0.15) is 28.4 Å². The monoisotopic (exact) mass is 474 g/mol. The topological polar surface area (TPSA) is 96.7 Å². The van der Waals surface area contributed by atoms with Crippen LogP contribution in [0, 0.1) is 10.8 Å². The first-order chi connectivity index (χ1) is 17.1. The van der Waals surface area contributed by atoms with Gasteiger partial charge in [-0.3, -0.25) is 4.79 Å². The number of rotatable bonds is 6. The molecular weight excluding hydrogens is 446 g/mol. The molecule has 6 rings (SSSR count). The summed E-state index contributed by atoms with van der Waals surface area (Å²) < 4.78 is 11.6. The van der Waals surface area contributed by atoms with Gasteiger partial charge in [0.2, 0.25) is 5.78 Å². The Kier molecular flexibility index (Phi) is 5.56. The molecule has 9 heteroatoms. The van der Waals surface area contributed by atoms with Crippen LogP contribution in [0.3, 0.4) is 0 Å². The van der Waals surface area contributed by atoms with E-state index in [0.29, 0.717) is 39.9 Å². The number of aromatic nitrogens is 2. The van der Waals surface area contributed by atoms with E-state index >= 15 is 0 Å². The summed E-state index contributed by atoms with van der Waals surface area (Å²) in [5.74, 6) is 2.55. The molecule has 3 aliphatic rings. The van der Waals surface area contributed by atoms with E-state index in [1.807, 2.05) is 18.2 Å². The standard InChI is InChI=1S/C26H27N5O4/c1-34-23-6-4-7-24-25(23)19-13-30(12-17(19)14-35-24)8-3-2-5-22-26(32)18-9-16-11-27-15-28-20(16)10-21(18)29-31(22)33/h4,6-7,9-11,15,17,19,22H,2-3,5,8,12-14H2,1H3/p+1/t17-,19+,22?/m0/s1. The fourth-order valence-electron chi connectivity index (χ4n) is 5.76. The summed E-state index contributed by atoms with van der Waals surface area (Å²) in [4.78, 5) is 37.1. The van der Waals surface area contributed by atoms with Gasteiger partial charge >= 0.3 is 0 Å². The molecule has 180 valence electrons. The second-order valence-corrected chi connectivity index (χ2v) is 9.60. The van der Waals surface area contributed by atoms with E-state index in [-0.39, 0.29) is 5.78 Å². The number of ether oxygens (including phenoxy) is 2. The van der Waals surface area contributed by atoms with Gasteiger partial charge in [0.05, 0.1) is 29.7 Å². The van der Waals surface area contributed by atoms with Crippen molar-refractivity contribution >= 4 is 22.4 Å². The minimum Gasteiger partial charge on any atom is -0.496 e. The number of ketones is 1. The van der Waals surface area contributed by atoms with Crippen LogP contribution in [0.2, 0.25) is 0 Å². The summed E-state index contributed by atoms with van der Waals surface area (Å²) >= 11 is 0. The molecule has 2 aromatic carbocycles. The zero-order chi connectivity index (χ0) is 23.9. The number of nitrogens with zero attached hydrogens (tertiary/aromatic N) is 4. The number of hydrogen-bond donors (Lipinski definition) is 1. The Bertz CT molecular complexity index is 1300. The molecule has 0 amide bonds. The predicted molar refractivity (Wildman–Crippen MR) is 130 cm³/mol. The van der Waals surface area contributed by atoms with E-state index < -0.39 is 6.04 Å². The molecule has 0 bridgehead atoms. The van der Waals surface area contributed by atoms with Gasteiger partial charge in [-0.2, -0.15) is 0 Å². The third-order valence-corrected chi connectivity index (χ3v) is 7.51. The molecule has 0 radical (unpaired) electrons. The molecule has 9 nitrogen and oxygen atoms in total. The summed E-state index contributed by atoms with van der Waals surface area (Å²) in [6.45, 7) is 3.63. The van der Waals surface area contributed by atoms with Crippen LogP contribution in [-0.2, 0) is 0 Å². The average Bonchev–Trinajstić information content (AvgIpc) is 3.30. The lowest BCUT2D eigenvalue weighted by molar-refractivity contribution is -0.544. The van der Waals surface area contributed by atoms with E-state index in [1.54, 1.807) is 25.4 Å². The van der Waals surface area contributed by atoms with Crippen molar-refractivity contribution in [3.8, 4) is 11.5 Å². The minimum atomic E-state index is -0.727. The van der Waals surface area contributed by atoms with Crippen LogP contribution in [-0.4, -0.2) is 64.9 Å². The Morgan fingerprint density at radius 1 is 1.26 bits per heavy atom. The number of likely N-dealkylation sites (tertiary alicyclic amines) is 1. The fraction of sp³-hybridized carbons (Fsp3) is 0.423. The van der Waals surface area contributed by atoms with Crippen LogP contribution in [0.1, 0.15) is 41.1 Å². The minimum absolute atomic E-state index is 0.146. The highest BCUT2D eigenvalue weighted by molar-refractivity contribution is 6.07. The van der Waals surface area contributed by atoms with Gasteiger partial charge in [-0.25, -0.2) is 9.97 Å². The molecule has 4 heterocycles. The first-order valence-electron chi connectivity index (χ1n) is 12.2. The number of fused-ring (bicyclic) bond motifs is 5. The highest BCUT2D eigenvalue weighted by Gasteiger charge is 2.42. The molecule has 1 unspecified atom stereocenters. The number of nitrogens with one attached hydrogen (secondary N) is 1. The van der Waals surface area contributed by atoms with E-state index in [0.717, 1.165) is 56.0 Å². The lowest BCUT2D eigenvalue weighted by atomic mass is 9.86. The van der Waals surface area contributed by atoms with Crippen molar-refractivity contribution in [2.45, 2.75) is 31.2 Å². The Morgan fingerprint density at radius 2 is 2.17 bits per heavy atom. The van der Waals surface area contributed by atoms with Gasteiger partial charge in [-0.15, -0.1) is 5.43 Å². The number of benzene rings is 2. The van der Waals surface area contributed by atoms with Crippen LogP contribution < -0.4 is 14.9 Å². The third kappa shape index (κ3) is 3.89. The van der Waals surface area contributed by atoms with Gasteiger partial charge < -0.3 is 14.4 Å². The maximum atomic E-state index is 13.1. The van der Waals surface area contributed by atoms with Crippen LogP contribution in [0.4, 0.5) is 5.69 Å². The summed E-state index contributed by atoms with van der Waals surface area (Å²) in [6.07, 6.45) is 5.37. The number of methoxy groups -OCH3 is 1. The molecule has 35 heavy (non-hydrogen) atoms. The lowest BCUT2D eigenvalue weighted by Gasteiger charge is -2.29. The normalized spacial score (nSPS) is 23.3. The molecule has 1 aromatic heterocycles. The van der Waals surface area contributed by atoms with Crippen LogP contribution in [0.25, 0.3) is 10.9 Å². The number of nitroso groups, excluding NO2 is 1. The van der Waals surface area contributed by atoms with E-state index in [9.17, 15) is 9.70 Å². The smallest absolute Gasteiger partial charge is 0.296 e. The van der Waals surface area contributed by atoms with Gasteiger partial charge in [-0.05, 0) is 43.7 Å². The first kappa shape index (κ1) is 21.9. The van der Waals surface area contributed by atoms with E-state index in [2.05, 4.69) is 20.3 Å². The molecule has 3 atom stereocenters. The van der Waals surface area contributed by atoms with Crippen molar-refractivity contribution in [3.63, 3.8) is 0 Å². The van der Waals surface area contributed by atoms with Crippen molar-refractivity contribution in [3.05, 3.63) is 58.9 Å². The van der Waals surface area contributed by atoms with Gasteiger partial charge in [-0.1, -0.05) is 6.07 Å². The molecular formula is C26H28N5O4+. The van der Waals surface area contributed by atoms with Gasteiger partial charge in [0, 0.05) is 48.5 Å². The molecule has 1 N–H and O–H groups in total. The van der Waals surface area contributed by atoms with Crippen LogP contribution in [0.5, 0.6) is 11.5 Å². The summed E-state index contributed by atoms with van der Waals surface area (Å²) in [7, 11) is 1.71. The van der Waals surface area contributed by atoms with Crippen molar-refractivity contribution in [2.24, 2.45) is 5.92 Å². The summed E-state index contributed by atoms with van der Waals surface area (Å²) in [5, 5.41) is 0.789. The van der Waals surface area contributed by atoms with Crippen molar-refractivity contribution in [2.75, 3.05) is 38.8 Å². The number of hydrogen-bond acceptors (Lipinski definition) is 7. The van der Waals surface area contributed by atoms with E-state index in [4.69, 9.17) is 9.47 Å². The highest BCUT2D eigenvalue weighted by Crippen LogP contribution is 2.46. The predicted octanol–water partition coefficient (Wildman–Crippen LogP) is 3.59. The molecule has 3 aromatic rings. The van der Waals surface area contributed by atoms with Crippen molar-refractivity contribution in [1.29, 1.82) is 0 Å². The molecule has 0 aliphatic carbocycles. The Labute approximate surface area is 203 Å². The van der Waals surface area contributed by atoms with Crippen molar-refractivity contribution in [1.82, 2.24) is 14.9 Å². The summed E-state index contributed by atoms with van der Waals surface area (Å²) in [5.41, 5.74) is 5.75. The lowest BCUT2D eigenvalue weighted by Crippen LogP contribution is -2.41. The quantitative estimate of drug-likeness (QED) is 0.428. The second kappa shape index (κ2) is 8.88.